The Hall–Kier alpha value is -1.23. The molecule has 0 atom stereocenters. The van der Waals surface area contributed by atoms with Gasteiger partial charge in [-0.25, -0.2) is 4.98 Å². The average Bonchev–Trinajstić information content (AvgIpc) is 2.31. The van der Waals surface area contributed by atoms with Gasteiger partial charge in [0.2, 0.25) is 5.82 Å². The van der Waals surface area contributed by atoms with Gasteiger partial charge in [-0.15, -0.1) is 0 Å². The molecule has 0 amide bonds. The normalized spacial score (nSPS) is 11.6. The summed E-state index contributed by atoms with van der Waals surface area (Å²) in [5.74, 6) is -0.540. The maximum Gasteiger partial charge on any atom is 0.253 e. The van der Waals surface area contributed by atoms with E-state index in [0.29, 0.717) is 0 Å². The number of hydrogen-bond acceptors (Lipinski definition) is 4. The largest absolute Gasteiger partial charge is 0.474 e. The number of nitrogens with zero attached hydrogens (tertiary/aromatic N) is 2. The smallest absolute Gasteiger partial charge is 0.253 e. The van der Waals surface area contributed by atoms with Crippen molar-refractivity contribution in [2.45, 2.75) is 39.2 Å². The molecule has 0 aliphatic heterocycles. The summed E-state index contributed by atoms with van der Waals surface area (Å²) >= 11 is 0. The molecule has 1 heterocycles. The van der Waals surface area contributed by atoms with Gasteiger partial charge < -0.3 is 10.5 Å². The maximum atomic E-state index is 13.5. The van der Waals surface area contributed by atoms with Gasteiger partial charge in [0.15, 0.2) is 0 Å². The minimum absolute atomic E-state index is 0.0239. The van der Waals surface area contributed by atoms with Crippen molar-refractivity contribution in [1.29, 1.82) is 0 Å². The van der Waals surface area contributed by atoms with Crippen molar-refractivity contribution < 1.29 is 9.13 Å². The number of ether oxygens (including phenoxy) is 1. The van der Waals surface area contributed by atoms with Gasteiger partial charge in [-0.1, -0.05) is 13.8 Å². The number of halogens is 1. The van der Waals surface area contributed by atoms with Crippen LogP contribution < -0.4 is 10.5 Å². The van der Waals surface area contributed by atoms with Crippen LogP contribution in [0.1, 0.15) is 32.4 Å². The molecule has 0 saturated heterocycles. The molecule has 0 aliphatic carbocycles. The Morgan fingerprint density at radius 1 is 1.38 bits per heavy atom. The summed E-state index contributed by atoms with van der Waals surface area (Å²) in [6.45, 7) is 5.79. The van der Waals surface area contributed by atoms with Gasteiger partial charge in [0, 0.05) is 5.54 Å². The summed E-state index contributed by atoms with van der Waals surface area (Å²) in [7, 11) is 0. The molecule has 5 heteroatoms. The monoisotopic (exact) mass is 227 g/mol. The molecule has 90 valence electrons. The Morgan fingerprint density at radius 3 is 2.56 bits per heavy atom. The molecule has 0 aliphatic rings. The van der Waals surface area contributed by atoms with Crippen molar-refractivity contribution in [2.75, 3.05) is 6.61 Å². The first-order valence-electron chi connectivity index (χ1n) is 5.41. The van der Waals surface area contributed by atoms with Gasteiger partial charge in [0.25, 0.3) is 5.88 Å². The molecule has 4 nitrogen and oxygen atoms in total. The zero-order valence-electron chi connectivity index (χ0n) is 9.96. The van der Waals surface area contributed by atoms with Gasteiger partial charge >= 0.3 is 0 Å². The van der Waals surface area contributed by atoms with Crippen LogP contribution in [-0.4, -0.2) is 22.1 Å². The second-order valence-corrected chi connectivity index (χ2v) is 3.94. The number of aryl methyl sites for hydroxylation is 1. The third-order valence-corrected chi connectivity index (χ3v) is 2.84. The van der Waals surface area contributed by atoms with Crippen LogP contribution in [0.2, 0.25) is 0 Å². The number of aromatic nitrogens is 2. The average molecular weight is 227 g/mol. The first-order chi connectivity index (χ1) is 7.52. The topological polar surface area (TPSA) is 61.0 Å². The fourth-order valence-electron chi connectivity index (χ4n) is 1.20. The molecule has 16 heavy (non-hydrogen) atoms. The van der Waals surface area contributed by atoms with Crippen LogP contribution in [0.25, 0.3) is 0 Å². The molecule has 0 saturated carbocycles. The van der Waals surface area contributed by atoms with Gasteiger partial charge in [0.05, 0.1) is 5.69 Å². The molecule has 2 N–H and O–H groups in total. The third-order valence-electron chi connectivity index (χ3n) is 2.84. The molecular weight excluding hydrogens is 209 g/mol. The molecule has 0 fully saturated rings. The number of rotatable bonds is 5. The van der Waals surface area contributed by atoms with Crippen molar-refractivity contribution in [1.82, 2.24) is 9.97 Å². The van der Waals surface area contributed by atoms with Crippen LogP contribution in [0.5, 0.6) is 5.88 Å². The Kier molecular flexibility index (Phi) is 4.18. The van der Waals surface area contributed by atoms with Crippen molar-refractivity contribution >= 4 is 0 Å². The van der Waals surface area contributed by atoms with Crippen LogP contribution >= 0.6 is 0 Å². The molecule has 1 aromatic rings. The maximum absolute atomic E-state index is 13.5. The van der Waals surface area contributed by atoms with Gasteiger partial charge in [0.1, 0.15) is 12.9 Å². The second kappa shape index (κ2) is 5.21. The highest BCUT2D eigenvalue weighted by molar-refractivity contribution is 5.16. The van der Waals surface area contributed by atoms with Crippen LogP contribution in [0.15, 0.2) is 6.33 Å². The van der Waals surface area contributed by atoms with Crippen LogP contribution in [0.4, 0.5) is 4.39 Å². The van der Waals surface area contributed by atoms with Crippen LogP contribution in [0.3, 0.4) is 0 Å². The first kappa shape index (κ1) is 12.8. The van der Waals surface area contributed by atoms with Crippen molar-refractivity contribution in [2.24, 2.45) is 5.73 Å². The third kappa shape index (κ3) is 2.88. The summed E-state index contributed by atoms with van der Waals surface area (Å²) in [5, 5.41) is 0. The van der Waals surface area contributed by atoms with Crippen molar-refractivity contribution in [3.63, 3.8) is 0 Å². The molecule has 0 radical (unpaired) electrons. The lowest BCUT2D eigenvalue weighted by atomic mass is 9.96. The van der Waals surface area contributed by atoms with Gasteiger partial charge in [-0.2, -0.15) is 9.37 Å². The Labute approximate surface area is 95.0 Å². The van der Waals surface area contributed by atoms with E-state index in [-0.39, 0.29) is 18.2 Å². The van der Waals surface area contributed by atoms with E-state index in [1.807, 2.05) is 13.8 Å². The Balaban J connectivity index is 2.71. The number of nitrogens with two attached hydrogens (primary N) is 1. The van der Waals surface area contributed by atoms with Gasteiger partial charge in [-0.05, 0) is 19.8 Å². The van der Waals surface area contributed by atoms with E-state index in [1.165, 1.54) is 6.33 Å². The van der Waals surface area contributed by atoms with E-state index in [0.717, 1.165) is 12.8 Å². The summed E-state index contributed by atoms with van der Waals surface area (Å²) in [5.41, 5.74) is 5.89. The quantitative estimate of drug-likeness (QED) is 0.833. The van der Waals surface area contributed by atoms with E-state index < -0.39 is 11.4 Å². The Morgan fingerprint density at radius 2 is 2.00 bits per heavy atom. The molecule has 0 aromatic carbocycles. The predicted molar refractivity (Wildman–Crippen MR) is 59.7 cm³/mol. The lowest BCUT2D eigenvalue weighted by Crippen LogP contribution is -2.44. The molecule has 1 rings (SSSR count). The minimum atomic E-state index is -0.517. The Bertz CT molecular complexity index is 353. The van der Waals surface area contributed by atoms with E-state index >= 15 is 0 Å². The van der Waals surface area contributed by atoms with E-state index in [4.69, 9.17) is 10.5 Å². The zero-order chi connectivity index (χ0) is 12.2. The SMILES string of the molecule is CCC(N)(CC)COc1ncnc(C)c1F. The summed E-state index contributed by atoms with van der Waals surface area (Å²) in [6.07, 6.45) is 2.83. The summed E-state index contributed by atoms with van der Waals surface area (Å²) < 4.78 is 18.8. The minimum Gasteiger partial charge on any atom is -0.474 e. The lowest BCUT2D eigenvalue weighted by molar-refractivity contribution is 0.192. The predicted octanol–water partition coefficient (Wildman–Crippen LogP) is 1.82. The highest BCUT2D eigenvalue weighted by Crippen LogP contribution is 2.18. The fraction of sp³-hybridized carbons (Fsp3) is 0.636. The van der Waals surface area contributed by atoms with E-state index in [9.17, 15) is 4.39 Å². The summed E-state index contributed by atoms with van der Waals surface area (Å²) in [6, 6.07) is 0. The van der Waals surface area contributed by atoms with Crippen molar-refractivity contribution in [3.8, 4) is 5.88 Å². The van der Waals surface area contributed by atoms with E-state index in [1.54, 1.807) is 6.92 Å². The van der Waals surface area contributed by atoms with Crippen molar-refractivity contribution in [3.05, 3.63) is 17.8 Å². The highest BCUT2D eigenvalue weighted by atomic mass is 19.1. The van der Waals surface area contributed by atoms with E-state index in [2.05, 4.69) is 9.97 Å². The zero-order valence-corrected chi connectivity index (χ0v) is 9.96. The lowest BCUT2D eigenvalue weighted by Gasteiger charge is -2.26. The molecule has 1 aromatic heterocycles. The highest BCUT2D eigenvalue weighted by Gasteiger charge is 2.22. The first-order valence-corrected chi connectivity index (χ1v) is 5.41. The summed E-state index contributed by atoms with van der Waals surface area (Å²) in [4.78, 5) is 7.47. The number of hydrogen-bond donors (Lipinski definition) is 1. The molecule has 0 spiro atoms. The molecule has 0 bridgehead atoms. The van der Waals surface area contributed by atoms with Crippen LogP contribution in [-0.2, 0) is 0 Å². The molecule has 0 unspecified atom stereocenters. The molecular formula is C11H18FN3O. The second-order valence-electron chi connectivity index (χ2n) is 3.94. The fourth-order valence-corrected chi connectivity index (χ4v) is 1.20. The van der Waals surface area contributed by atoms with Crippen LogP contribution in [0, 0.1) is 12.7 Å². The van der Waals surface area contributed by atoms with Gasteiger partial charge in [-0.3, -0.25) is 0 Å². The standard InChI is InChI=1S/C11H18FN3O/c1-4-11(13,5-2)6-16-10-9(12)8(3)14-7-15-10/h7H,4-6,13H2,1-3H3.